The normalized spacial score (nSPS) is 11.0. The monoisotopic (exact) mass is 284 g/mol. The van der Waals surface area contributed by atoms with Gasteiger partial charge in [-0.25, -0.2) is 4.79 Å². The lowest BCUT2D eigenvalue weighted by atomic mass is 10.2. The maximum Gasteiger partial charge on any atom is 0.338 e. The van der Waals surface area contributed by atoms with E-state index in [0.29, 0.717) is 5.56 Å². The molecule has 0 saturated carbocycles. The summed E-state index contributed by atoms with van der Waals surface area (Å²) in [5.41, 5.74) is 2.02. The molecule has 1 unspecified atom stereocenters. The number of carbonyl (C=O) groups excluding carboxylic acids is 1. The number of hydrogen-bond donors (Lipinski definition) is 0. The molecule has 0 saturated heterocycles. The fourth-order valence-corrected chi connectivity index (χ4v) is 1.62. The number of esters is 1. The smallest absolute Gasteiger partial charge is 0.338 e. The fourth-order valence-electron chi connectivity index (χ4n) is 1.62. The Hall–Kier alpha value is -2.09. The zero-order valence-electron chi connectivity index (χ0n) is 13.1. The van der Waals surface area contributed by atoms with Crippen LogP contribution in [0.3, 0.4) is 0 Å². The summed E-state index contributed by atoms with van der Waals surface area (Å²) in [7, 11) is 0. The number of ether oxygens (including phenoxy) is 1. The molecule has 0 aliphatic rings. The van der Waals surface area contributed by atoms with Crippen LogP contribution in [0.25, 0.3) is 0 Å². The summed E-state index contributed by atoms with van der Waals surface area (Å²) in [6, 6.07) is 19.5. The van der Waals surface area contributed by atoms with E-state index >= 15 is 0 Å². The van der Waals surface area contributed by atoms with Crippen LogP contribution in [0, 0.1) is 0 Å². The highest BCUT2D eigenvalue weighted by Crippen LogP contribution is 2.05. The molecular formula is C19H24O2. The molecule has 2 aromatic rings. The average Bonchev–Trinajstić information content (AvgIpc) is 2.56. The largest absolute Gasteiger partial charge is 0.459 e. The van der Waals surface area contributed by atoms with E-state index in [9.17, 15) is 4.79 Å². The maximum absolute atomic E-state index is 11.4. The van der Waals surface area contributed by atoms with Crippen molar-refractivity contribution in [3.63, 3.8) is 0 Å². The molecule has 0 bridgehead atoms. The molecule has 0 spiro atoms. The van der Waals surface area contributed by atoms with Gasteiger partial charge in [-0.1, -0.05) is 62.4 Å². The van der Waals surface area contributed by atoms with Crippen molar-refractivity contribution in [3.8, 4) is 0 Å². The molecule has 0 aromatic heterocycles. The summed E-state index contributed by atoms with van der Waals surface area (Å²) in [6.45, 7) is 6.04. The molecule has 2 heteroatoms. The quantitative estimate of drug-likeness (QED) is 0.747. The predicted octanol–water partition coefficient (Wildman–Crippen LogP) is 4.89. The number of carbonyl (C=O) groups is 1. The van der Waals surface area contributed by atoms with E-state index < -0.39 is 0 Å². The van der Waals surface area contributed by atoms with Gasteiger partial charge in [0.15, 0.2) is 0 Å². The Balaban J connectivity index is 0.000000235. The van der Waals surface area contributed by atoms with E-state index in [1.807, 2.05) is 38.1 Å². The lowest BCUT2D eigenvalue weighted by molar-refractivity contribution is 0.0334. The van der Waals surface area contributed by atoms with Gasteiger partial charge in [0.2, 0.25) is 0 Å². The van der Waals surface area contributed by atoms with E-state index in [0.717, 1.165) is 12.8 Å². The Morgan fingerprint density at radius 3 is 1.90 bits per heavy atom. The van der Waals surface area contributed by atoms with Crippen molar-refractivity contribution in [2.75, 3.05) is 0 Å². The SMILES string of the molecule is CCC(C)OC(=O)c1ccccc1.CCc1ccccc1. The Kier molecular flexibility index (Phi) is 7.88. The molecule has 2 aromatic carbocycles. The van der Waals surface area contributed by atoms with Crippen molar-refractivity contribution in [1.29, 1.82) is 0 Å². The Morgan fingerprint density at radius 1 is 0.952 bits per heavy atom. The molecule has 0 N–H and O–H groups in total. The minimum Gasteiger partial charge on any atom is -0.459 e. The predicted molar refractivity (Wildman–Crippen MR) is 87.4 cm³/mol. The van der Waals surface area contributed by atoms with Gasteiger partial charge in [0.1, 0.15) is 0 Å². The summed E-state index contributed by atoms with van der Waals surface area (Å²) >= 11 is 0. The third-order valence-electron chi connectivity index (χ3n) is 3.14. The second kappa shape index (κ2) is 9.76. The van der Waals surface area contributed by atoms with Gasteiger partial charge in [0.05, 0.1) is 11.7 Å². The summed E-state index contributed by atoms with van der Waals surface area (Å²) in [5.74, 6) is -0.241. The number of benzene rings is 2. The van der Waals surface area contributed by atoms with Crippen molar-refractivity contribution < 1.29 is 9.53 Å². The van der Waals surface area contributed by atoms with Gasteiger partial charge in [0, 0.05) is 0 Å². The summed E-state index contributed by atoms with van der Waals surface area (Å²) in [6.07, 6.45) is 1.98. The molecule has 0 aliphatic heterocycles. The molecule has 0 heterocycles. The topological polar surface area (TPSA) is 26.3 Å². The fraction of sp³-hybridized carbons (Fsp3) is 0.316. The van der Waals surface area contributed by atoms with E-state index in [1.54, 1.807) is 12.1 Å². The molecule has 112 valence electrons. The van der Waals surface area contributed by atoms with Crippen LogP contribution in [0.1, 0.15) is 43.1 Å². The van der Waals surface area contributed by atoms with E-state index in [4.69, 9.17) is 4.74 Å². The van der Waals surface area contributed by atoms with Gasteiger partial charge in [-0.2, -0.15) is 0 Å². The zero-order valence-corrected chi connectivity index (χ0v) is 13.1. The Morgan fingerprint density at radius 2 is 1.48 bits per heavy atom. The lowest BCUT2D eigenvalue weighted by Crippen LogP contribution is -2.13. The lowest BCUT2D eigenvalue weighted by Gasteiger charge is -2.10. The highest BCUT2D eigenvalue weighted by Gasteiger charge is 2.08. The zero-order chi connectivity index (χ0) is 15.5. The summed E-state index contributed by atoms with van der Waals surface area (Å²) in [4.78, 5) is 11.4. The Labute approximate surface area is 127 Å². The first-order valence-electron chi connectivity index (χ1n) is 7.47. The van der Waals surface area contributed by atoms with Crippen molar-refractivity contribution in [3.05, 3.63) is 71.8 Å². The molecular weight excluding hydrogens is 260 g/mol. The molecule has 0 aliphatic carbocycles. The third-order valence-corrected chi connectivity index (χ3v) is 3.14. The van der Waals surface area contributed by atoms with Gasteiger partial charge >= 0.3 is 5.97 Å². The van der Waals surface area contributed by atoms with Gasteiger partial charge < -0.3 is 4.74 Å². The number of rotatable bonds is 4. The van der Waals surface area contributed by atoms with Crippen molar-refractivity contribution in [2.24, 2.45) is 0 Å². The van der Waals surface area contributed by atoms with Gasteiger partial charge in [-0.15, -0.1) is 0 Å². The van der Waals surface area contributed by atoms with Crippen LogP contribution in [-0.2, 0) is 11.2 Å². The minimum absolute atomic E-state index is 0.00675. The van der Waals surface area contributed by atoms with Crippen LogP contribution in [0.2, 0.25) is 0 Å². The van der Waals surface area contributed by atoms with Crippen LogP contribution in [0.5, 0.6) is 0 Å². The Bertz CT molecular complexity index is 506. The molecule has 0 radical (unpaired) electrons. The first-order chi connectivity index (χ1) is 10.2. The second-order valence-corrected chi connectivity index (χ2v) is 4.83. The molecule has 0 fully saturated rings. The van der Waals surface area contributed by atoms with Crippen LogP contribution < -0.4 is 0 Å². The molecule has 21 heavy (non-hydrogen) atoms. The molecule has 2 nitrogen and oxygen atoms in total. The van der Waals surface area contributed by atoms with Crippen molar-refractivity contribution >= 4 is 5.97 Å². The van der Waals surface area contributed by atoms with Crippen molar-refractivity contribution in [1.82, 2.24) is 0 Å². The van der Waals surface area contributed by atoms with Gasteiger partial charge in [0.25, 0.3) is 0 Å². The molecule has 1 atom stereocenters. The highest BCUT2D eigenvalue weighted by atomic mass is 16.5. The van der Waals surface area contributed by atoms with Crippen LogP contribution in [0.15, 0.2) is 60.7 Å². The van der Waals surface area contributed by atoms with E-state index in [-0.39, 0.29) is 12.1 Å². The van der Waals surface area contributed by atoms with Crippen molar-refractivity contribution in [2.45, 2.75) is 39.7 Å². The van der Waals surface area contributed by atoms with Crippen LogP contribution >= 0.6 is 0 Å². The third kappa shape index (κ3) is 6.75. The maximum atomic E-state index is 11.4. The van der Waals surface area contributed by atoms with Gasteiger partial charge in [-0.05, 0) is 37.5 Å². The standard InChI is InChI=1S/C11H14O2.C8H10/c1-3-9(2)13-11(12)10-7-5-4-6-8-10;1-2-8-6-4-3-5-7-8/h4-9H,3H2,1-2H3;3-7H,2H2,1H3. The first kappa shape index (κ1) is 17.0. The number of hydrogen-bond acceptors (Lipinski definition) is 2. The van der Waals surface area contributed by atoms with Gasteiger partial charge in [-0.3, -0.25) is 0 Å². The van der Waals surface area contributed by atoms with Crippen LogP contribution in [0.4, 0.5) is 0 Å². The number of aryl methyl sites for hydroxylation is 1. The summed E-state index contributed by atoms with van der Waals surface area (Å²) < 4.78 is 5.15. The molecule has 0 amide bonds. The summed E-state index contributed by atoms with van der Waals surface area (Å²) in [5, 5.41) is 0. The van der Waals surface area contributed by atoms with Crippen LogP contribution in [-0.4, -0.2) is 12.1 Å². The average molecular weight is 284 g/mol. The highest BCUT2D eigenvalue weighted by molar-refractivity contribution is 5.89. The minimum atomic E-state index is -0.241. The molecule has 2 rings (SSSR count). The second-order valence-electron chi connectivity index (χ2n) is 4.83. The van der Waals surface area contributed by atoms with E-state index in [1.165, 1.54) is 5.56 Å². The van der Waals surface area contributed by atoms with E-state index in [2.05, 4.69) is 31.2 Å². The first-order valence-corrected chi connectivity index (χ1v) is 7.47.